The number of amides is 2. The molecule has 110 valence electrons. The summed E-state index contributed by atoms with van der Waals surface area (Å²) in [7, 11) is 0. The summed E-state index contributed by atoms with van der Waals surface area (Å²) in [5.41, 5.74) is 0. The van der Waals surface area contributed by atoms with Gasteiger partial charge in [-0.1, -0.05) is 0 Å². The van der Waals surface area contributed by atoms with Crippen molar-refractivity contribution < 1.29 is 19.8 Å². The fourth-order valence-electron chi connectivity index (χ4n) is 2.05. The van der Waals surface area contributed by atoms with Crippen LogP contribution < -0.4 is 5.32 Å². The van der Waals surface area contributed by atoms with Gasteiger partial charge in [0.25, 0.3) is 0 Å². The third-order valence-electron chi connectivity index (χ3n) is 3.37. The second-order valence-corrected chi connectivity index (χ2v) is 5.72. The highest BCUT2D eigenvalue weighted by molar-refractivity contribution is 7.98. The van der Waals surface area contributed by atoms with Gasteiger partial charge in [0.15, 0.2) is 0 Å². The van der Waals surface area contributed by atoms with E-state index in [4.69, 9.17) is 10.2 Å². The van der Waals surface area contributed by atoms with Crippen molar-refractivity contribution in [2.75, 3.05) is 31.7 Å². The van der Waals surface area contributed by atoms with E-state index in [0.717, 1.165) is 12.8 Å². The minimum atomic E-state index is -0.993. The predicted octanol–water partition coefficient (Wildman–Crippen LogP) is 0.607. The van der Waals surface area contributed by atoms with Gasteiger partial charge in [-0.25, -0.2) is 9.59 Å². The van der Waals surface area contributed by atoms with Crippen molar-refractivity contribution in [2.24, 2.45) is 5.92 Å². The molecule has 0 unspecified atom stereocenters. The van der Waals surface area contributed by atoms with Gasteiger partial charge in [0, 0.05) is 19.7 Å². The van der Waals surface area contributed by atoms with Crippen LogP contribution in [-0.2, 0) is 4.79 Å². The molecule has 19 heavy (non-hydrogen) atoms. The molecule has 0 bridgehead atoms. The van der Waals surface area contributed by atoms with Gasteiger partial charge in [0.1, 0.15) is 6.04 Å². The van der Waals surface area contributed by atoms with Crippen LogP contribution in [0.25, 0.3) is 0 Å². The van der Waals surface area contributed by atoms with Gasteiger partial charge in [-0.15, -0.1) is 0 Å². The molecule has 2 amide bonds. The summed E-state index contributed by atoms with van der Waals surface area (Å²) < 4.78 is 0. The minimum absolute atomic E-state index is 0.154. The van der Waals surface area contributed by atoms with Crippen molar-refractivity contribution in [1.29, 1.82) is 0 Å². The molecule has 1 fully saturated rings. The standard InChI is InChI=1S/C12H22N2O4S/c1-19-7-4-10(11(16)17)13-12(18)14-5-2-9(8-15)3-6-14/h9-10,15H,2-8H2,1H3,(H,13,18)(H,16,17)/t10-/m0/s1. The number of piperidine rings is 1. The average Bonchev–Trinajstić information content (AvgIpc) is 2.43. The lowest BCUT2D eigenvalue weighted by molar-refractivity contribution is -0.139. The summed E-state index contributed by atoms with van der Waals surface area (Å²) in [5, 5.41) is 20.6. The van der Waals surface area contributed by atoms with E-state index in [-0.39, 0.29) is 18.6 Å². The maximum atomic E-state index is 12.0. The highest BCUT2D eigenvalue weighted by Gasteiger charge is 2.26. The van der Waals surface area contributed by atoms with Gasteiger partial charge in [-0.05, 0) is 37.2 Å². The molecular formula is C12H22N2O4S. The van der Waals surface area contributed by atoms with E-state index in [1.807, 2.05) is 6.26 Å². The number of aliphatic hydroxyl groups is 1. The molecule has 0 spiro atoms. The highest BCUT2D eigenvalue weighted by atomic mass is 32.2. The normalized spacial score (nSPS) is 18.1. The van der Waals surface area contributed by atoms with E-state index in [2.05, 4.69) is 5.32 Å². The summed E-state index contributed by atoms with van der Waals surface area (Å²) >= 11 is 1.56. The number of hydrogen-bond acceptors (Lipinski definition) is 4. The molecular weight excluding hydrogens is 268 g/mol. The zero-order valence-corrected chi connectivity index (χ0v) is 12.0. The van der Waals surface area contributed by atoms with Crippen LogP contribution in [0.2, 0.25) is 0 Å². The van der Waals surface area contributed by atoms with Gasteiger partial charge in [-0.3, -0.25) is 0 Å². The summed E-state index contributed by atoms with van der Waals surface area (Å²) in [5.74, 6) is -0.0347. The van der Waals surface area contributed by atoms with Crippen LogP contribution >= 0.6 is 11.8 Å². The first kappa shape index (κ1) is 16.1. The van der Waals surface area contributed by atoms with Crippen LogP contribution in [0.4, 0.5) is 4.79 Å². The SMILES string of the molecule is CSCC[C@H](NC(=O)N1CCC(CO)CC1)C(=O)O. The van der Waals surface area contributed by atoms with Crippen LogP contribution in [0.15, 0.2) is 0 Å². The fraction of sp³-hybridized carbons (Fsp3) is 0.833. The number of nitrogens with one attached hydrogen (secondary N) is 1. The van der Waals surface area contributed by atoms with Gasteiger partial charge in [0.2, 0.25) is 0 Å². The van der Waals surface area contributed by atoms with Gasteiger partial charge in [-0.2, -0.15) is 11.8 Å². The maximum Gasteiger partial charge on any atom is 0.326 e. The number of aliphatic hydroxyl groups excluding tert-OH is 1. The molecule has 0 radical (unpaired) electrons. The Morgan fingerprint density at radius 1 is 1.42 bits per heavy atom. The van der Waals surface area contributed by atoms with Crippen molar-refractivity contribution in [2.45, 2.75) is 25.3 Å². The summed E-state index contributed by atoms with van der Waals surface area (Å²) in [6.07, 6.45) is 3.87. The first-order valence-corrected chi connectivity index (χ1v) is 7.86. The molecule has 1 aliphatic heterocycles. The van der Waals surface area contributed by atoms with E-state index in [9.17, 15) is 9.59 Å². The molecule has 1 rings (SSSR count). The minimum Gasteiger partial charge on any atom is -0.480 e. The Bertz CT molecular complexity index is 306. The second-order valence-electron chi connectivity index (χ2n) is 4.73. The summed E-state index contributed by atoms with van der Waals surface area (Å²) in [4.78, 5) is 24.6. The number of urea groups is 1. The maximum absolute atomic E-state index is 12.0. The molecule has 3 N–H and O–H groups in total. The molecule has 1 atom stereocenters. The van der Waals surface area contributed by atoms with Crippen molar-refractivity contribution in [3.63, 3.8) is 0 Å². The summed E-state index contributed by atoms with van der Waals surface area (Å²) in [6.45, 7) is 1.30. The smallest absolute Gasteiger partial charge is 0.326 e. The molecule has 0 saturated carbocycles. The largest absolute Gasteiger partial charge is 0.480 e. The van der Waals surface area contributed by atoms with Crippen LogP contribution in [-0.4, -0.2) is 64.9 Å². The molecule has 0 aromatic carbocycles. The molecule has 6 nitrogen and oxygen atoms in total. The Kier molecular flexibility index (Phi) is 7.01. The van der Waals surface area contributed by atoms with Crippen molar-refractivity contribution in [1.82, 2.24) is 10.2 Å². The van der Waals surface area contributed by atoms with E-state index in [1.54, 1.807) is 16.7 Å². The molecule has 0 aliphatic carbocycles. The monoisotopic (exact) mass is 290 g/mol. The third-order valence-corrected chi connectivity index (χ3v) is 4.01. The Balaban J connectivity index is 2.42. The van der Waals surface area contributed by atoms with Gasteiger partial charge < -0.3 is 20.4 Å². The quantitative estimate of drug-likeness (QED) is 0.667. The first-order valence-electron chi connectivity index (χ1n) is 6.46. The van der Waals surface area contributed by atoms with Crippen LogP contribution in [0.1, 0.15) is 19.3 Å². The second kappa shape index (κ2) is 8.27. The Morgan fingerprint density at radius 2 is 2.05 bits per heavy atom. The topological polar surface area (TPSA) is 89.9 Å². The van der Waals surface area contributed by atoms with E-state index in [1.165, 1.54) is 0 Å². The number of likely N-dealkylation sites (tertiary alicyclic amines) is 1. The summed E-state index contributed by atoms with van der Waals surface area (Å²) in [6, 6.07) is -1.14. The number of aliphatic carboxylic acids is 1. The van der Waals surface area contributed by atoms with Crippen LogP contribution in [0.5, 0.6) is 0 Å². The fourth-order valence-corrected chi connectivity index (χ4v) is 2.52. The van der Waals surface area contributed by atoms with Gasteiger partial charge in [0.05, 0.1) is 0 Å². The van der Waals surface area contributed by atoms with Crippen molar-refractivity contribution in [3.05, 3.63) is 0 Å². The zero-order chi connectivity index (χ0) is 14.3. The number of carbonyl (C=O) groups excluding carboxylic acids is 1. The van der Waals surface area contributed by atoms with E-state index in [0.29, 0.717) is 25.3 Å². The van der Waals surface area contributed by atoms with E-state index >= 15 is 0 Å². The van der Waals surface area contributed by atoms with Gasteiger partial charge >= 0.3 is 12.0 Å². The molecule has 0 aromatic heterocycles. The number of thioether (sulfide) groups is 1. The first-order chi connectivity index (χ1) is 9.08. The molecule has 7 heteroatoms. The Hall–Kier alpha value is -0.950. The van der Waals surface area contributed by atoms with E-state index < -0.39 is 12.0 Å². The highest BCUT2D eigenvalue weighted by Crippen LogP contribution is 2.16. The number of carbonyl (C=O) groups is 2. The Morgan fingerprint density at radius 3 is 2.53 bits per heavy atom. The molecule has 1 aliphatic rings. The lowest BCUT2D eigenvalue weighted by Gasteiger charge is -2.32. The number of carboxylic acids is 1. The predicted molar refractivity (Wildman–Crippen MR) is 74.3 cm³/mol. The molecule has 1 saturated heterocycles. The molecule has 0 aromatic rings. The number of carboxylic acid groups (broad SMARTS) is 1. The van der Waals surface area contributed by atoms with Crippen molar-refractivity contribution in [3.8, 4) is 0 Å². The van der Waals surface area contributed by atoms with Crippen LogP contribution in [0, 0.1) is 5.92 Å². The van der Waals surface area contributed by atoms with Crippen molar-refractivity contribution >= 4 is 23.8 Å². The zero-order valence-electron chi connectivity index (χ0n) is 11.2. The number of rotatable bonds is 6. The number of nitrogens with zero attached hydrogens (tertiary/aromatic N) is 1. The lowest BCUT2D eigenvalue weighted by atomic mass is 9.98. The van der Waals surface area contributed by atoms with Crippen LogP contribution in [0.3, 0.4) is 0 Å². The molecule has 1 heterocycles. The lowest BCUT2D eigenvalue weighted by Crippen LogP contribution is -2.50. The third kappa shape index (κ3) is 5.28. The number of hydrogen-bond donors (Lipinski definition) is 3. The Labute approximate surface area is 117 Å². The average molecular weight is 290 g/mol.